The summed E-state index contributed by atoms with van der Waals surface area (Å²) in [6, 6.07) is 12.8. The molecular weight excluding hydrogens is 398 g/mol. The number of carbonyl (C=O) groups excluding carboxylic acids is 1. The van der Waals surface area contributed by atoms with Gasteiger partial charge >= 0.3 is 0 Å². The Morgan fingerprint density at radius 3 is 2.38 bits per heavy atom. The molecule has 2 aromatic rings. The van der Waals surface area contributed by atoms with Crippen LogP contribution in [0.3, 0.4) is 0 Å². The maximum Gasteiger partial charge on any atom is 0.256 e. The van der Waals surface area contributed by atoms with Gasteiger partial charge < -0.3 is 10.1 Å². The minimum Gasteiger partial charge on any atom is -0.491 e. The molecular formula is C16H15Br2NO2. The smallest absolute Gasteiger partial charge is 0.256 e. The van der Waals surface area contributed by atoms with Crippen LogP contribution < -0.4 is 10.1 Å². The molecule has 110 valence electrons. The Labute approximate surface area is 141 Å². The van der Waals surface area contributed by atoms with E-state index in [2.05, 4.69) is 37.2 Å². The maximum atomic E-state index is 12.3. The van der Waals surface area contributed by atoms with Crippen molar-refractivity contribution in [1.82, 2.24) is 0 Å². The predicted molar refractivity (Wildman–Crippen MR) is 92.0 cm³/mol. The molecule has 0 saturated heterocycles. The number of nitrogens with one attached hydrogen (secondary N) is 1. The van der Waals surface area contributed by atoms with Crippen molar-refractivity contribution in [2.24, 2.45) is 0 Å². The summed E-state index contributed by atoms with van der Waals surface area (Å²) in [5.74, 6) is 0.618. The molecule has 3 nitrogen and oxygen atoms in total. The third kappa shape index (κ3) is 4.58. The first kappa shape index (κ1) is 16.0. The Hall–Kier alpha value is -1.33. The van der Waals surface area contributed by atoms with E-state index in [1.807, 2.05) is 50.2 Å². The van der Waals surface area contributed by atoms with Gasteiger partial charge in [-0.25, -0.2) is 0 Å². The van der Waals surface area contributed by atoms with Crippen molar-refractivity contribution >= 4 is 43.5 Å². The SMILES string of the molecule is CC(C)Oc1ccc(NC(=O)c2cc(Br)ccc2Br)cc1. The molecule has 0 aliphatic carbocycles. The highest BCUT2D eigenvalue weighted by atomic mass is 79.9. The van der Waals surface area contributed by atoms with E-state index < -0.39 is 0 Å². The molecule has 0 bridgehead atoms. The Morgan fingerprint density at radius 1 is 1.10 bits per heavy atom. The number of anilines is 1. The first-order chi connectivity index (χ1) is 9.95. The van der Waals surface area contributed by atoms with Gasteiger partial charge in [-0.15, -0.1) is 0 Å². The Kier molecular flexibility index (Phi) is 5.42. The van der Waals surface area contributed by atoms with Gasteiger partial charge in [0.15, 0.2) is 0 Å². The highest BCUT2D eigenvalue weighted by Gasteiger charge is 2.11. The van der Waals surface area contributed by atoms with Gasteiger partial charge in [0.1, 0.15) is 5.75 Å². The number of ether oxygens (including phenoxy) is 1. The van der Waals surface area contributed by atoms with Gasteiger partial charge in [0.05, 0.1) is 11.7 Å². The summed E-state index contributed by atoms with van der Waals surface area (Å²) < 4.78 is 7.18. The third-order valence-electron chi connectivity index (χ3n) is 2.66. The molecule has 5 heteroatoms. The van der Waals surface area contributed by atoms with E-state index in [0.29, 0.717) is 5.56 Å². The summed E-state index contributed by atoms with van der Waals surface area (Å²) in [5, 5.41) is 2.86. The molecule has 0 aliphatic heterocycles. The first-order valence-electron chi connectivity index (χ1n) is 6.49. The molecule has 0 atom stereocenters. The fourth-order valence-corrected chi connectivity index (χ4v) is 2.55. The van der Waals surface area contributed by atoms with E-state index in [9.17, 15) is 4.79 Å². The number of rotatable bonds is 4. The molecule has 0 radical (unpaired) electrons. The zero-order valence-corrected chi connectivity index (χ0v) is 14.9. The van der Waals surface area contributed by atoms with E-state index in [1.54, 1.807) is 6.07 Å². The van der Waals surface area contributed by atoms with E-state index in [-0.39, 0.29) is 12.0 Å². The molecule has 0 spiro atoms. The number of carbonyl (C=O) groups is 1. The van der Waals surface area contributed by atoms with Gasteiger partial charge in [-0.05, 0) is 72.2 Å². The Morgan fingerprint density at radius 2 is 1.76 bits per heavy atom. The molecule has 0 aliphatic rings. The van der Waals surface area contributed by atoms with Gasteiger partial charge in [0.2, 0.25) is 0 Å². The standard InChI is InChI=1S/C16H15Br2NO2/c1-10(2)21-13-6-4-12(5-7-13)19-16(20)14-9-11(17)3-8-15(14)18/h3-10H,1-2H3,(H,19,20). The zero-order valence-electron chi connectivity index (χ0n) is 11.7. The lowest BCUT2D eigenvalue weighted by Crippen LogP contribution is -2.12. The van der Waals surface area contributed by atoms with Crippen LogP contribution in [0.15, 0.2) is 51.4 Å². The van der Waals surface area contributed by atoms with Gasteiger partial charge in [0, 0.05) is 14.6 Å². The van der Waals surface area contributed by atoms with Gasteiger partial charge in [0.25, 0.3) is 5.91 Å². The fraction of sp³-hybridized carbons (Fsp3) is 0.188. The van der Waals surface area contributed by atoms with Gasteiger partial charge in [-0.1, -0.05) is 15.9 Å². The zero-order chi connectivity index (χ0) is 15.4. The molecule has 2 rings (SSSR count). The molecule has 21 heavy (non-hydrogen) atoms. The predicted octanol–water partition coefficient (Wildman–Crippen LogP) is 5.25. The summed E-state index contributed by atoms with van der Waals surface area (Å²) in [6.45, 7) is 3.95. The quantitative estimate of drug-likeness (QED) is 0.744. The van der Waals surface area contributed by atoms with Crippen LogP contribution in [0, 0.1) is 0 Å². The number of benzene rings is 2. The van der Waals surface area contributed by atoms with E-state index in [4.69, 9.17) is 4.74 Å². The summed E-state index contributed by atoms with van der Waals surface area (Å²) in [4.78, 5) is 12.3. The van der Waals surface area contributed by atoms with Crippen LogP contribution in [0.5, 0.6) is 5.75 Å². The molecule has 0 heterocycles. The van der Waals surface area contributed by atoms with Gasteiger partial charge in [-0.2, -0.15) is 0 Å². The number of hydrogen-bond acceptors (Lipinski definition) is 2. The van der Waals surface area contributed by atoms with Crippen molar-refractivity contribution in [3.8, 4) is 5.75 Å². The normalized spacial score (nSPS) is 10.5. The highest BCUT2D eigenvalue weighted by Crippen LogP contribution is 2.23. The van der Waals surface area contributed by atoms with E-state index in [0.717, 1.165) is 20.4 Å². The molecule has 0 fully saturated rings. The highest BCUT2D eigenvalue weighted by molar-refractivity contribution is 9.11. The fourth-order valence-electron chi connectivity index (χ4n) is 1.76. The second kappa shape index (κ2) is 7.09. The lowest BCUT2D eigenvalue weighted by molar-refractivity contribution is 0.102. The number of hydrogen-bond donors (Lipinski definition) is 1. The Bertz CT molecular complexity index is 639. The van der Waals surface area contributed by atoms with Crippen LogP contribution in [-0.2, 0) is 0 Å². The summed E-state index contributed by atoms with van der Waals surface area (Å²) in [7, 11) is 0. The lowest BCUT2D eigenvalue weighted by atomic mass is 10.2. The van der Waals surface area contributed by atoms with Crippen molar-refractivity contribution < 1.29 is 9.53 Å². The van der Waals surface area contributed by atoms with Crippen molar-refractivity contribution in [1.29, 1.82) is 0 Å². The van der Waals surface area contributed by atoms with Crippen LogP contribution >= 0.6 is 31.9 Å². The monoisotopic (exact) mass is 411 g/mol. The maximum absolute atomic E-state index is 12.3. The largest absolute Gasteiger partial charge is 0.491 e. The summed E-state index contributed by atoms with van der Waals surface area (Å²) in [5.41, 5.74) is 1.30. The number of amides is 1. The second-order valence-electron chi connectivity index (χ2n) is 4.77. The van der Waals surface area contributed by atoms with Crippen LogP contribution in [-0.4, -0.2) is 12.0 Å². The van der Waals surface area contributed by atoms with Crippen molar-refractivity contribution in [3.05, 3.63) is 57.0 Å². The van der Waals surface area contributed by atoms with Crippen LogP contribution in [0.4, 0.5) is 5.69 Å². The van der Waals surface area contributed by atoms with Crippen molar-refractivity contribution in [2.45, 2.75) is 20.0 Å². The average molecular weight is 413 g/mol. The van der Waals surface area contributed by atoms with Crippen LogP contribution in [0.2, 0.25) is 0 Å². The molecule has 2 aromatic carbocycles. The summed E-state index contributed by atoms with van der Waals surface area (Å²) in [6.07, 6.45) is 0.128. The topological polar surface area (TPSA) is 38.3 Å². The molecule has 1 amide bonds. The van der Waals surface area contributed by atoms with E-state index in [1.165, 1.54) is 0 Å². The molecule has 1 N–H and O–H groups in total. The molecule has 0 aromatic heterocycles. The van der Waals surface area contributed by atoms with E-state index >= 15 is 0 Å². The first-order valence-corrected chi connectivity index (χ1v) is 8.07. The number of halogens is 2. The van der Waals surface area contributed by atoms with Crippen LogP contribution in [0.25, 0.3) is 0 Å². The second-order valence-corrected chi connectivity index (χ2v) is 6.54. The lowest BCUT2D eigenvalue weighted by Gasteiger charge is -2.11. The minimum absolute atomic E-state index is 0.128. The Balaban J connectivity index is 2.10. The van der Waals surface area contributed by atoms with Crippen molar-refractivity contribution in [3.63, 3.8) is 0 Å². The molecule has 0 saturated carbocycles. The average Bonchev–Trinajstić information content (AvgIpc) is 2.43. The van der Waals surface area contributed by atoms with Crippen molar-refractivity contribution in [2.75, 3.05) is 5.32 Å². The minimum atomic E-state index is -0.166. The summed E-state index contributed by atoms with van der Waals surface area (Å²) >= 11 is 6.75. The van der Waals surface area contributed by atoms with Gasteiger partial charge in [-0.3, -0.25) is 4.79 Å². The van der Waals surface area contributed by atoms with Crippen LogP contribution in [0.1, 0.15) is 24.2 Å². The molecule has 0 unspecified atom stereocenters. The third-order valence-corrected chi connectivity index (χ3v) is 3.84.